The van der Waals surface area contributed by atoms with E-state index < -0.39 is 0 Å². The first kappa shape index (κ1) is 26.0. The van der Waals surface area contributed by atoms with Crippen molar-refractivity contribution < 1.29 is 9.53 Å². The lowest BCUT2D eigenvalue weighted by Gasteiger charge is -2.32. The Kier molecular flexibility index (Phi) is 8.47. The molecule has 192 valence electrons. The Bertz CT molecular complexity index is 1130. The van der Waals surface area contributed by atoms with Gasteiger partial charge in [-0.2, -0.15) is 0 Å². The maximum Gasteiger partial charge on any atom is 0.252 e. The minimum atomic E-state index is -0.211. The van der Waals surface area contributed by atoms with Gasteiger partial charge in [-0.1, -0.05) is 12.1 Å². The highest BCUT2D eigenvalue weighted by molar-refractivity contribution is 6.09. The van der Waals surface area contributed by atoms with Crippen LogP contribution in [-0.2, 0) is 0 Å². The average Bonchev–Trinajstić information content (AvgIpc) is 3.71. The Morgan fingerprint density at radius 1 is 1.19 bits per heavy atom. The molecule has 0 radical (unpaired) electrons. The zero-order valence-corrected chi connectivity index (χ0v) is 22.1. The van der Waals surface area contributed by atoms with Gasteiger partial charge in [-0.3, -0.25) is 9.79 Å². The smallest absolute Gasteiger partial charge is 0.252 e. The lowest BCUT2D eigenvalue weighted by atomic mass is 9.87. The number of rotatable bonds is 9. The third kappa shape index (κ3) is 6.35. The van der Waals surface area contributed by atoms with Crippen LogP contribution in [0, 0.1) is 12.8 Å². The summed E-state index contributed by atoms with van der Waals surface area (Å²) >= 11 is 0. The van der Waals surface area contributed by atoms with Gasteiger partial charge in [0, 0.05) is 37.1 Å². The highest BCUT2D eigenvalue weighted by atomic mass is 16.5. The quantitative estimate of drug-likeness (QED) is 0.482. The van der Waals surface area contributed by atoms with E-state index in [0.29, 0.717) is 11.7 Å². The number of hydrogen-bond donors (Lipinski definition) is 2. The molecule has 1 unspecified atom stereocenters. The Morgan fingerprint density at radius 2 is 1.94 bits per heavy atom. The van der Waals surface area contributed by atoms with Gasteiger partial charge in [0.2, 0.25) is 0 Å². The summed E-state index contributed by atoms with van der Waals surface area (Å²) in [5.74, 6) is 2.12. The molecule has 2 aromatic carbocycles. The Hall–Kier alpha value is -3.12. The molecular weight excluding hydrogens is 448 g/mol. The Morgan fingerprint density at radius 3 is 2.58 bits per heavy atom. The molecule has 6 heteroatoms. The molecule has 0 aromatic heterocycles. The number of ether oxygens (including phenoxy) is 1. The van der Waals surface area contributed by atoms with Crippen LogP contribution in [0.15, 0.2) is 47.6 Å². The Labute approximate surface area is 215 Å². The van der Waals surface area contributed by atoms with E-state index in [1.54, 1.807) is 20.4 Å². The summed E-state index contributed by atoms with van der Waals surface area (Å²) in [6.07, 6.45) is 8.39. The molecule has 36 heavy (non-hydrogen) atoms. The molecule has 1 amide bonds. The van der Waals surface area contributed by atoms with E-state index in [9.17, 15) is 4.79 Å². The number of piperidine rings is 1. The lowest BCUT2D eigenvalue weighted by molar-refractivity contribution is 0.0939. The first-order chi connectivity index (χ1) is 17.4. The van der Waals surface area contributed by atoms with E-state index in [-0.39, 0.29) is 11.9 Å². The van der Waals surface area contributed by atoms with Crippen molar-refractivity contribution in [2.75, 3.05) is 33.8 Å². The molecule has 2 aromatic rings. The monoisotopic (exact) mass is 488 g/mol. The van der Waals surface area contributed by atoms with E-state index in [2.05, 4.69) is 33.4 Å². The van der Waals surface area contributed by atoms with Gasteiger partial charge in [0.25, 0.3) is 5.91 Å². The summed E-state index contributed by atoms with van der Waals surface area (Å²) in [5.41, 5.74) is 11.5. The number of nitrogens with two attached hydrogens (primary N) is 1. The third-order valence-electron chi connectivity index (χ3n) is 7.57. The summed E-state index contributed by atoms with van der Waals surface area (Å²) in [7, 11) is 3.35. The second-order valence-electron chi connectivity index (χ2n) is 10.3. The molecule has 1 saturated carbocycles. The summed E-state index contributed by atoms with van der Waals surface area (Å²) < 4.78 is 5.51. The molecule has 0 bridgehead atoms. The summed E-state index contributed by atoms with van der Waals surface area (Å²) in [6, 6.07) is 12.1. The normalized spacial score (nSPS) is 18.4. The van der Waals surface area contributed by atoms with Crippen molar-refractivity contribution in [1.29, 1.82) is 0 Å². The third-order valence-corrected chi connectivity index (χ3v) is 7.57. The number of carbonyl (C=O) groups is 1. The number of likely N-dealkylation sites (tertiary alicyclic amines) is 1. The highest BCUT2D eigenvalue weighted by Crippen LogP contribution is 2.34. The van der Waals surface area contributed by atoms with Gasteiger partial charge < -0.3 is 20.7 Å². The SMILES string of the molecule is CN=C/C(=C\N)c1cc(OC)cc(C(C)NC(=O)c2cc(C3CCN(CC4CC4)CC3)ccc2C)c1. The maximum absolute atomic E-state index is 13.4. The molecule has 1 saturated heterocycles. The number of methoxy groups -OCH3 is 1. The van der Waals surface area contributed by atoms with Gasteiger partial charge in [-0.05, 0) is 111 Å². The van der Waals surface area contributed by atoms with Crippen LogP contribution in [0.2, 0.25) is 0 Å². The van der Waals surface area contributed by atoms with Crippen LogP contribution in [0.4, 0.5) is 0 Å². The van der Waals surface area contributed by atoms with Crippen molar-refractivity contribution >= 4 is 17.7 Å². The molecule has 1 heterocycles. The first-order valence-electron chi connectivity index (χ1n) is 13.1. The number of allylic oxidation sites excluding steroid dienone is 1. The van der Waals surface area contributed by atoms with Crippen molar-refractivity contribution in [2.24, 2.45) is 16.6 Å². The minimum Gasteiger partial charge on any atom is -0.497 e. The Balaban J connectivity index is 1.47. The highest BCUT2D eigenvalue weighted by Gasteiger charge is 2.28. The van der Waals surface area contributed by atoms with E-state index in [4.69, 9.17) is 10.5 Å². The zero-order valence-electron chi connectivity index (χ0n) is 22.1. The zero-order chi connectivity index (χ0) is 25.7. The molecule has 1 atom stereocenters. The molecule has 2 fully saturated rings. The number of carbonyl (C=O) groups excluding carboxylic acids is 1. The number of aryl methyl sites for hydroxylation is 1. The van der Waals surface area contributed by atoms with Gasteiger partial charge in [0.15, 0.2) is 0 Å². The predicted molar refractivity (Wildman–Crippen MR) is 148 cm³/mol. The van der Waals surface area contributed by atoms with Crippen molar-refractivity contribution in [3.63, 3.8) is 0 Å². The topological polar surface area (TPSA) is 80.0 Å². The summed E-state index contributed by atoms with van der Waals surface area (Å²) in [4.78, 5) is 20.1. The first-order valence-corrected chi connectivity index (χ1v) is 13.1. The fourth-order valence-corrected chi connectivity index (χ4v) is 5.12. The van der Waals surface area contributed by atoms with Gasteiger partial charge in [-0.15, -0.1) is 0 Å². The van der Waals surface area contributed by atoms with Crippen molar-refractivity contribution in [2.45, 2.75) is 51.5 Å². The standard InChI is InChI=1S/C30H40N4O2/c1-20-5-8-24(23-9-11-34(12-10-23)19-22-6-7-22)16-29(20)30(35)33-21(2)25-13-26(15-28(14-25)36-4)27(17-31)18-32-3/h5,8,13-18,21-23H,6-7,9-12,19,31H2,1-4H3,(H,33,35)/b27-17+,32-18?. The number of nitrogens with zero attached hydrogens (tertiary/aromatic N) is 2. The van der Waals surface area contributed by atoms with Crippen molar-refractivity contribution in [1.82, 2.24) is 10.2 Å². The van der Waals surface area contributed by atoms with Gasteiger partial charge >= 0.3 is 0 Å². The molecule has 3 N–H and O–H groups in total. The van der Waals surface area contributed by atoms with E-state index >= 15 is 0 Å². The molecule has 4 rings (SSSR count). The minimum absolute atomic E-state index is 0.0536. The van der Waals surface area contributed by atoms with Crippen LogP contribution in [0.5, 0.6) is 5.75 Å². The molecule has 1 aliphatic carbocycles. The van der Waals surface area contributed by atoms with E-state index in [1.165, 1.54) is 31.1 Å². The fourth-order valence-electron chi connectivity index (χ4n) is 5.12. The van der Waals surface area contributed by atoms with Crippen LogP contribution in [0.3, 0.4) is 0 Å². The summed E-state index contributed by atoms with van der Waals surface area (Å²) in [6.45, 7) is 7.59. The molecule has 2 aliphatic rings. The second kappa shape index (κ2) is 11.7. The number of benzene rings is 2. The average molecular weight is 489 g/mol. The molecule has 0 spiro atoms. The lowest BCUT2D eigenvalue weighted by Crippen LogP contribution is -2.34. The van der Waals surface area contributed by atoms with Crippen LogP contribution in [0.1, 0.15) is 77.2 Å². The van der Waals surface area contributed by atoms with Crippen molar-refractivity contribution in [3.05, 3.63) is 70.4 Å². The molecule has 1 aliphatic heterocycles. The van der Waals surface area contributed by atoms with Crippen molar-refractivity contribution in [3.8, 4) is 5.75 Å². The summed E-state index contributed by atoms with van der Waals surface area (Å²) in [5, 5.41) is 3.20. The van der Waals surface area contributed by atoms with Crippen LogP contribution in [0.25, 0.3) is 5.57 Å². The number of hydrogen-bond acceptors (Lipinski definition) is 5. The molecule has 6 nitrogen and oxygen atoms in total. The molecular formula is C30H40N4O2. The largest absolute Gasteiger partial charge is 0.497 e. The van der Waals surface area contributed by atoms with E-state index in [0.717, 1.165) is 59.7 Å². The van der Waals surface area contributed by atoms with E-state index in [1.807, 2.05) is 32.0 Å². The fraction of sp³-hybridized carbons (Fsp3) is 0.467. The second-order valence-corrected chi connectivity index (χ2v) is 10.3. The number of amides is 1. The van der Waals surface area contributed by atoms with Gasteiger partial charge in [-0.25, -0.2) is 0 Å². The van der Waals surface area contributed by atoms with Crippen LogP contribution < -0.4 is 15.8 Å². The van der Waals surface area contributed by atoms with Gasteiger partial charge in [0.05, 0.1) is 13.2 Å². The predicted octanol–water partition coefficient (Wildman–Crippen LogP) is 5.08. The van der Waals surface area contributed by atoms with Gasteiger partial charge in [0.1, 0.15) is 5.75 Å². The number of aliphatic imine (C=N–C) groups is 1. The van der Waals surface area contributed by atoms with Crippen LogP contribution in [-0.4, -0.2) is 50.8 Å². The van der Waals surface area contributed by atoms with Crippen LogP contribution >= 0.6 is 0 Å². The number of nitrogens with one attached hydrogen (secondary N) is 1. The maximum atomic E-state index is 13.4.